The number of hydrazone groups is 1. The van der Waals surface area contributed by atoms with Crippen molar-refractivity contribution in [1.29, 1.82) is 0 Å². The Morgan fingerprint density at radius 2 is 1.82 bits per heavy atom. The van der Waals surface area contributed by atoms with Crippen molar-refractivity contribution in [1.82, 2.24) is 10.4 Å². The SMILES string of the molecule is O=C(NN=Cc1nccs1)c1cc(NC(=O)[C@H]2[C@H](c3cc(Cl)cc(Cl)c3)C2(Cl)Cl)ccc1Cl. The molecule has 3 aromatic rings. The second-order valence-corrected chi connectivity index (χ2v) is 10.7. The van der Waals surface area contributed by atoms with Crippen LogP contribution in [0, 0.1) is 5.92 Å². The molecule has 2 amide bonds. The monoisotopic (exact) mass is 560 g/mol. The van der Waals surface area contributed by atoms with Crippen molar-refractivity contribution in [2.45, 2.75) is 10.3 Å². The number of benzene rings is 2. The molecule has 0 radical (unpaired) electrons. The van der Waals surface area contributed by atoms with Crippen molar-refractivity contribution in [2.75, 3.05) is 5.32 Å². The lowest BCUT2D eigenvalue weighted by molar-refractivity contribution is -0.117. The molecule has 1 fully saturated rings. The van der Waals surface area contributed by atoms with E-state index in [0.717, 1.165) is 0 Å². The first kappa shape index (κ1) is 24.3. The molecule has 0 unspecified atom stereocenters. The van der Waals surface area contributed by atoms with Crippen molar-refractivity contribution in [3.63, 3.8) is 0 Å². The molecule has 1 saturated carbocycles. The number of hydrogen-bond donors (Lipinski definition) is 2. The van der Waals surface area contributed by atoms with Gasteiger partial charge in [0, 0.05) is 33.2 Å². The summed E-state index contributed by atoms with van der Waals surface area (Å²) in [7, 11) is 0. The lowest BCUT2D eigenvalue weighted by Crippen LogP contribution is -2.20. The molecule has 33 heavy (non-hydrogen) atoms. The van der Waals surface area contributed by atoms with E-state index < -0.39 is 28.0 Å². The maximum absolute atomic E-state index is 12.9. The summed E-state index contributed by atoms with van der Waals surface area (Å²) < 4.78 is -1.32. The lowest BCUT2D eigenvalue weighted by Gasteiger charge is -2.09. The number of carbonyl (C=O) groups excluding carboxylic acids is 2. The van der Waals surface area contributed by atoms with Crippen LogP contribution in [0.5, 0.6) is 0 Å². The van der Waals surface area contributed by atoms with Crippen LogP contribution in [-0.4, -0.2) is 27.3 Å². The number of carbonyl (C=O) groups is 2. The minimum Gasteiger partial charge on any atom is -0.326 e. The molecule has 2 atom stereocenters. The Balaban J connectivity index is 1.46. The Hall–Kier alpha value is -1.87. The molecule has 4 rings (SSSR count). The van der Waals surface area contributed by atoms with Crippen molar-refractivity contribution in [3.8, 4) is 0 Å². The smallest absolute Gasteiger partial charge is 0.272 e. The molecule has 6 nitrogen and oxygen atoms in total. The van der Waals surface area contributed by atoms with Gasteiger partial charge in [-0.25, -0.2) is 10.4 Å². The number of anilines is 1. The first-order chi connectivity index (χ1) is 15.7. The summed E-state index contributed by atoms with van der Waals surface area (Å²) in [4.78, 5) is 29.4. The zero-order valence-corrected chi connectivity index (χ0v) is 21.0. The van der Waals surface area contributed by atoms with Crippen LogP contribution in [-0.2, 0) is 4.79 Å². The number of rotatable bonds is 6. The average molecular weight is 563 g/mol. The molecule has 1 heterocycles. The van der Waals surface area contributed by atoms with Crippen LogP contribution in [0.4, 0.5) is 5.69 Å². The van der Waals surface area contributed by atoms with Crippen LogP contribution >= 0.6 is 69.3 Å². The van der Waals surface area contributed by atoms with E-state index in [9.17, 15) is 9.59 Å². The standard InChI is InChI=1S/C21H13Cl5N4O2S/c22-11-5-10(6-12(23)7-11)17-18(21(17,25)26)20(32)29-13-1-2-15(24)14(8-13)19(31)30-28-9-16-27-3-4-33-16/h1-9,17-18H,(H,29,32)(H,30,31)/t17-,18+/m0/s1. The van der Waals surface area contributed by atoms with Gasteiger partial charge in [-0.2, -0.15) is 5.10 Å². The first-order valence-corrected chi connectivity index (χ1v) is 12.1. The lowest BCUT2D eigenvalue weighted by atomic mass is 10.1. The van der Waals surface area contributed by atoms with Crippen LogP contribution in [0.2, 0.25) is 15.1 Å². The highest BCUT2D eigenvalue weighted by Gasteiger charge is 2.67. The van der Waals surface area contributed by atoms with Crippen LogP contribution in [0.3, 0.4) is 0 Å². The largest absolute Gasteiger partial charge is 0.326 e. The maximum atomic E-state index is 12.9. The van der Waals surface area contributed by atoms with E-state index in [0.29, 0.717) is 26.3 Å². The molecule has 0 aliphatic heterocycles. The normalized spacial score (nSPS) is 18.8. The van der Waals surface area contributed by atoms with Gasteiger partial charge in [-0.3, -0.25) is 9.59 Å². The quantitative estimate of drug-likeness (QED) is 0.207. The molecule has 1 aliphatic rings. The van der Waals surface area contributed by atoms with E-state index in [1.54, 1.807) is 35.8 Å². The zero-order chi connectivity index (χ0) is 23.8. The number of thiazole rings is 1. The zero-order valence-electron chi connectivity index (χ0n) is 16.4. The van der Waals surface area contributed by atoms with Gasteiger partial charge < -0.3 is 5.32 Å². The third-order valence-corrected chi connectivity index (χ3v) is 7.27. The van der Waals surface area contributed by atoms with Crippen LogP contribution in [0.1, 0.15) is 26.8 Å². The molecule has 0 bridgehead atoms. The number of aromatic nitrogens is 1. The summed E-state index contributed by atoms with van der Waals surface area (Å²) in [6, 6.07) is 9.41. The summed E-state index contributed by atoms with van der Waals surface area (Å²) in [6.07, 6.45) is 3.04. The fourth-order valence-electron chi connectivity index (χ4n) is 3.32. The molecular weight excluding hydrogens is 550 g/mol. The predicted molar refractivity (Wildman–Crippen MR) is 134 cm³/mol. The van der Waals surface area contributed by atoms with Crippen LogP contribution in [0.25, 0.3) is 0 Å². The fraction of sp³-hybridized carbons (Fsp3) is 0.143. The molecule has 170 valence electrons. The number of hydrogen-bond acceptors (Lipinski definition) is 5. The molecule has 1 aromatic heterocycles. The van der Waals surface area contributed by atoms with Crippen LogP contribution in [0.15, 0.2) is 53.1 Å². The average Bonchev–Trinajstić information content (AvgIpc) is 3.06. The molecule has 2 aromatic carbocycles. The predicted octanol–water partition coefficient (Wildman–Crippen LogP) is 6.39. The maximum Gasteiger partial charge on any atom is 0.272 e. The number of alkyl halides is 2. The Labute approximate surface area is 217 Å². The van der Waals surface area contributed by atoms with Crippen molar-refractivity contribution >= 4 is 93.1 Å². The summed E-state index contributed by atoms with van der Waals surface area (Å²) >= 11 is 32.4. The molecule has 2 N–H and O–H groups in total. The van der Waals surface area contributed by atoms with Gasteiger partial charge in [-0.05, 0) is 42.0 Å². The summed E-state index contributed by atoms with van der Waals surface area (Å²) in [6.45, 7) is 0. The van der Waals surface area contributed by atoms with Gasteiger partial charge in [0.2, 0.25) is 5.91 Å². The third kappa shape index (κ3) is 5.45. The molecule has 12 heteroatoms. The third-order valence-electron chi connectivity index (χ3n) is 4.85. The van der Waals surface area contributed by atoms with Gasteiger partial charge >= 0.3 is 0 Å². The second-order valence-electron chi connectivity index (χ2n) is 7.09. The Kier molecular flexibility index (Phi) is 7.19. The highest BCUT2D eigenvalue weighted by Crippen LogP contribution is 2.65. The van der Waals surface area contributed by atoms with E-state index in [1.165, 1.54) is 29.7 Å². The fourth-order valence-corrected chi connectivity index (χ4v) is 5.39. The van der Waals surface area contributed by atoms with Gasteiger partial charge in [-0.15, -0.1) is 34.5 Å². The highest BCUT2D eigenvalue weighted by molar-refractivity contribution is 7.11. The van der Waals surface area contributed by atoms with Gasteiger partial charge in [0.1, 0.15) is 9.34 Å². The van der Waals surface area contributed by atoms with E-state index in [4.69, 9.17) is 58.0 Å². The van der Waals surface area contributed by atoms with Gasteiger partial charge in [0.25, 0.3) is 5.91 Å². The molecule has 0 spiro atoms. The van der Waals surface area contributed by atoms with Gasteiger partial charge in [-0.1, -0.05) is 34.8 Å². The minimum atomic E-state index is -1.32. The number of nitrogens with zero attached hydrogens (tertiary/aromatic N) is 2. The highest BCUT2D eigenvalue weighted by atomic mass is 35.5. The Morgan fingerprint density at radius 1 is 1.09 bits per heavy atom. The second kappa shape index (κ2) is 9.78. The van der Waals surface area contributed by atoms with E-state index in [1.807, 2.05) is 0 Å². The van der Waals surface area contributed by atoms with Crippen molar-refractivity contribution in [3.05, 3.63) is 79.2 Å². The minimum absolute atomic E-state index is 0.128. The van der Waals surface area contributed by atoms with Crippen molar-refractivity contribution in [2.24, 2.45) is 11.0 Å². The number of nitrogens with one attached hydrogen (secondary N) is 2. The summed E-state index contributed by atoms with van der Waals surface area (Å²) in [5.74, 6) is -2.21. The Bertz CT molecular complexity index is 1230. The van der Waals surface area contributed by atoms with E-state index in [-0.39, 0.29) is 10.6 Å². The van der Waals surface area contributed by atoms with Crippen LogP contribution < -0.4 is 10.7 Å². The topological polar surface area (TPSA) is 83.4 Å². The molecular formula is C21H13Cl5N4O2S. The number of amides is 2. The number of halogens is 5. The summed E-state index contributed by atoms with van der Waals surface area (Å²) in [5, 5.41) is 10.0. The van der Waals surface area contributed by atoms with Gasteiger partial charge in [0.15, 0.2) is 0 Å². The Morgan fingerprint density at radius 3 is 2.48 bits per heavy atom. The summed E-state index contributed by atoms with van der Waals surface area (Å²) in [5.41, 5.74) is 3.51. The van der Waals surface area contributed by atoms with Gasteiger partial charge in [0.05, 0.1) is 22.7 Å². The van der Waals surface area contributed by atoms with E-state index in [2.05, 4.69) is 20.8 Å². The van der Waals surface area contributed by atoms with E-state index >= 15 is 0 Å². The first-order valence-electron chi connectivity index (χ1n) is 9.34. The van der Waals surface area contributed by atoms with Crippen molar-refractivity contribution < 1.29 is 9.59 Å². The molecule has 1 aliphatic carbocycles. The molecule has 0 saturated heterocycles.